The van der Waals surface area contributed by atoms with E-state index in [9.17, 15) is 4.79 Å². The quantitative estimate of drug-likeness (QED) is 0.785. The van der Waals surface area contributed by atoms with E-state index < -0.39 is 0 Å². The number of hydrogen-bond donors (Lipinski definition) is 2. The zero-order valence-corrected chi connectivity index (χ0v) is 10.2. The van der Waals surface area contributed by atoms with Crippen molar-refractivity contribution in [3.8, 4) is 0 Å². The average molecular weight is 233 g/mol. The Labute approximate surface area is 101 Å². The Morgan fingerprint density at radius 2 is 2.47 bits per heavy atom. The highest BCUT2D eigenvalue weighted by atomic mass is 16.1. The number of hydrogen-bond acceptors (Lipinski definition) is 2. The van der Waals surface area contributed by atoms with E-state index in [1.54, 1.807) is 0 Å². The normalized spacial score (nSPS) is 19.2. The molecule has 2 N–H and O–H groups in total. The molecule has 1 atom stereocenters. The Hall–Kier alpha value is -1.58. The predicted octanol–water partition coefficient (Wildman–Crippen LogP) is 2.66. The number of rotatable bonds is 4. The molecule has 0 radical (unpaired) electrons. The summed E-state index contributed by atoms with van der Waals surface area (Å²) in [6, 6.07) is 1.92. The Morgan fingerprint density at radius 3 is 3.18 bits per heavy atom. The summed E-state index contributed by atoms with van der Waals surface area (Å²) in [7, 11) is 0. The largest absolute Gasteiger partial charge is 0.309 e. The minimum absolute atomic E-state index is 0.0869. The molecule has 2 rings (SSSR count). The van der Waals surface area contributed by atoms with Gasteiger partial charge in [-0.05, 0) is 25.7 Å². The first-order valence-electron chi connectivity index (χ1n) is 6.29. The summed E-state index contributed by atoms with van der Waals surface area (Å²) in [6.45, 7) is 2.12. The summed E-state index contributed by atoms with van der Waals surface area (Å²) in [5.41, 5.74) is 1.08. The fourth-order valence-electron chi connectivity index (χ4n) is 2.08. The molecule has 0 aliphatic heterocycles. The van der Waals surface area contributed by atoms with Gasteiger partial charge in [0.05, 0.1) is 0 Å². The molecule has 1 aromatic heterocycles. The highest BCUT2D eigenvalue weighted by Gasteiger charge is 2.19. The molecule has 92 valence electrons. The second-order valence-corrected chi connectivity index (χ2v) is 4.50. The van der Waals surface area contributed by atoms with Gasteiger partial charge in [0, 0.05) is 17.7 Å². The van der Waals surface area contributed by atoms with Gasteiger partial charge in [0.15, 0.2) is 5.82 Å². The van der Waals surface area contributed by atoms with Gasteiger partial charge in [-0.25, -0.2) is 0 Å². The Kier molecular flexibility index (Phi) is 3.96. The third-order valence-corrected chi connectivity index (χ3v) is 3.04. The standard InChI is InChI=1S/C13H19N3O/c1-2-6-11-9-12(16-15-11)14-13(17)10-7-4-3-5-8-10/h3-4,9-10H,2,5-8H2,1H3,(H2,14,15,16,17). The minimum Gasteiger partial charge on any atom is -0.309 e. The third-order valence-electron chi connectivity index (χ3n) is 3.04. The lowest BCUT2D eigenvalue weighted by Crippen LogP contribution is -2.23. The van der Waals surface area contributed by atoms with E-state index in [1.807, 2.05) is 6.07 Å². The zero-order valence-electron chi connectivity index (χ0n) is 10.2. The minimum atomic E-state index is 0.0869. The van der Waals surface area contributed by atoms with Gasteiger partial charge in [-0.15, -0.1) is 0 Å². The van der Waals surface area contributed by atoms with Crippen molar-refractivity contribution in [2.75, 3.05) is 5.32 Å². The third kappa shape index (κ3) is 3.19. The van der Waals surface area contributed by atoms with Crippen LogP contribution in [0.3, 0.4) is 0 Å². The smallest absolute Gasteiger partial charge is 0.229 e. The first-order chi connectivity index (χ1) is 8.29. The topological polar surface area (TPSA) is 57.8 Å². The molecule has 1 heterocycles. The van der Waals surface area contributed by atoms with Crippen molar-refractivity contribution in [3.63, 3.8) is 0 Å². The van der Waals surface area contributed by atoms with E-state index in [-0.39, 0.29) is 11.8 Å². The van der Waals surface area contributed by atoms with Crippen LogP contribution in [0.25, 0.3) is 0 Å². The predicted molar refractivity (Wildman–Crippen MR) is 67.7 cm³/mol. The van der Waals surface area contributed by atoms with E-state index in [0.29, 0.717) is 5.82 Å². The van der Waals surface area contributed by atoms with Crippen molar-refractivity contribution < 1.29 is 4.79 Å². The summed E-state index contributed by atoms with van der Waals surface area (Å²) in [4.78, 5) is 11.9. The van der Waals surface area contributed by atoms with Crippen LogP contribution in [0.5, 0.6) is 0 Å². The highest BCUT2D eigenvalue weighted by molar-refractivity contribution is 5.91. The second-order valence-electron chi connectivity index (χ2n) is 4.50. The first-order valence-corrected chi connectivity index (χ1v) is 6.29. The number of anilines is 1. The average Bonchev–Trinajstić information content (AvgIpc) is 2.78. The van der Waals surface area contributed by atoms with Crippen LogP contribution in [0, 0.1) is 5.92 Å². The lowest BCUT2D eigenvalue weighted by molar-refractivity contribution is -0.120. The van der Waals surface area contributed by atoms with Crippen molar-refractivity contribution in [3.05, 3.63) is 23.9 Å². The maximum atomic E-state index is 11.9. The fourth-order valence-corrected chi connectivity index (χ4v) is 2.08. The fraction of sp³-hybridized carbons (Fsp3) is 0.538. The van der Waals surface area contributed by atoms with Crippen LogP contribution >= 0.6 is 0 Å². The molecule has 1 amide bonds. The molecule has 0 aromatic carbocycles. The van der Waals surface area contributed by atoms with E-state index in [0.717, 1.165) is 37.8 Å². The molecular weight excluding hydrogens is 214 g/mol. The van der Waals surface area contributed by atoms with Gasteiger partial charge < -0.3 is 5.32 Å². The molecule has 1 unspecified atom stereocenters. The van der Waals surface area contributed by atoms with Crippen LogP contribution < -0.4 is 5.32 Å². The van der Waals surface area contributed by atoms with Gasteiger partial charge in [0.25, 0.3) is 0 Å². The van der Waals surface area contributed by atoms with Crippen LogP contribution in [-0.2, 0) is 11.2 Å². The van der Waals surface area contributed by atoms with E-state index >= 15 is 0 Å². The van der Waals surface area contributed by atoms with Gasteiger partial charge >= 0.3 is 0 Å². The zero-order chi connectivity index (χ0) is 12.1. The van der Waals surface area contributed by atoms with Gasteiger partial charge in [-0.2, -0.15) is 5.10 Å². The highest BCUT2D eigenvalue weighted by Crippen LogP contribution is 2.19. The number of nitrogens with one attached hydrogen (secondary N) is 2. The van der Waals surface area contributed by atoms with Crippen molar-refractivity contribution >= 4 is 11.7 Å². The number of amides is 1. The van der Waals surface area contributed by atoms with Crippen LogP contribution in [0.1, 0.15) is 38.3 Å². The molecule has 4 nitrogen and oxygen atoms in total. The molecule has 1 aromatic rings. The molecule has 1 aliphatic carbocycles. The number of aromatic nitrogens is 2. The number of nitrogens with zero attached hydrogens (tertiary/aromatic N) is 1. The Bertz CT molecular complexity index is 409. The van der Waals surface area contributed by atoms with Gasteiger partial charge in [0.1, 0.15) is 0 Å². The monoisotopic (exact) mass is 233 g/mol. The molecule has 0 saturated carbocycles. The van der Waals surface area contributed by atoms with Crippen molar-refractivity contribution in [1.82, 2.24) is 10.2 Å². The van der Waals surface area contributed by atoms with Gasteiger partial charge in [-0.1, -0.05) is 25.5 Å². The lowest BCUT2D eigenvalue weighted by Gasteiger charge is -2.15. The van der Waals surface area contributed by atoms with Gasteiger partial charge in [0.2, 0.25) is 5.91 Å². The summed E-state index contributed by atoms with van der Waals surface area (Å²) < 4.78 is 0. The van der Waals surface area contributed by atoms with Gasteiger partial charge in [-0.3, -0.25) is 9.89 Å². The van der Waals surface area contributed by atoms with E-state index in [1.165, 1.54) is 0 Å². The van der Waals surface area contributed by atoms with Crippen LogP contribution in [0.15, 0.2) is 18.2 Å². The number of allylic oxidation sites excluding steroid dienone is 2. The summed E-state index contributed by atoms with van der Waals surface area (Å²) in [5, 5.41) is 9.91. The van der Waals surface area contributed by atoms with Crippen LogP contribution in [-0.4, -0.2) is 16.1 Å². The summed E-state index contributed by atoms with van der Waals surface area (Å²) in [6.07, 6.45) is 9.04. The van der Waals surface area contributed by atoms with Crippen LogP contribution in [0.4, 0.5) is 5.82 Å². The molecular formula is C13H19N3O. The molecule has 0 fully saturated rings. The molecule has 0 bridgehead atoms. The van der Waals surface area contributed by atoms with Crippen LogP contribution in [0.2, 0.25) is 0 Å². The second kappa shape index (κ2) is 5.66. The Balaban J connectivity index is 1.90. The number of carbonyl (C=O) groups is 1. The van der Waals surface area contributed by atoms with E-state index in [2.05, 4.69) is 34.6 Å². The van der Waals surface area contributed by atoms with Crippen molar-refractivity contribution in [1.29, 1.82) is 0 Å². The molecule has 1 aliphatic rings. The van der Waals surface area contributed by atoms with E-state index in [4.69, 9.17) is 0 Å². The SMILES string of the molecule is CCCc1cc(NC(=O)C2CC=CCC2)n[nH]1. The van der Waals surface area contributed by atoms with Crippen molar-refractivity contribution in [2.45, 2.75) is 39.0 Å². The first kappa shape index (κ1) is 11.9. The number of aryl methyl sites for hydroxylation is 1. The maximum Gasteiger partial charge on any atom is 0.229 e. The number of aromatic amines is 1. The Morgan fingerprint density at radius 1 is 1.59 bits per heavy atom. The lowest BCUT2D eigenvalue weighted by atomic mass is 9.94. The number of carbonyl (C=O) groups excluding carboxylic acids is 1. The number of H-pyrrole nitrogens is 1. The molecule has 17 heavy (non-hydrogen) atoms. The molecule has 0 spiro atoms. The molecule has 0 saturated heterocycles. The van der Waals surface area contributed by atoms with Crippen molar-refractivity contribution in [2.24, 2.45) is 5.92 Å². The summed E-state index contributed by atoms with van der Waals surface area (Å²) >= 11 is 0. The molecule has 4 heteroatoms. The maximum absolute atomic E-state index is 11.9. The summed E-state index contributed by atoms with van der Waals surface area (Å²) in [5.74, 6) is 0.836.